The van der Waals surface area contributed by atoms with E-state index < -0.39 is 279 Å². The molecule has 9 aromatic rings. The minimum atomic E-state index is -4.33. The van der Waals surface area contributed by atoms with E-state index in [2.05, 4.69) is 15.0 Å². The molecule has 0 spiro atoms. The molecule has 56 heavy (non-hydrogen) atoms. The van der Waals surface area contributed by atoms with E-state index in [4.69, 9.17) is 34.6 Å². The second-order valence-corrected chi connectivity index (χ2v) is 11.1. The first-order chi connectivity index (χ1) is 42.1. The lowest BCUT2D eigenvalue weighted by Gasteiger charge is -2.12. The second kappa shape index (κ2) is 15.9. The van der Waals surface area contributed by atoms with Crippen molar-refractivity contribution < 1.29 is 58.2 Å². The monoisotopic (exact) mass is 766 g/mol. The van der Waals surface area contributed by atoms with Gasteiger partial charge in [-0.15, -0.1) is 0 Å². The number of fused-ring (bicyclic) bond motifs is 3. The molecule has 0 unspecified atom stereocenters. The summed E-state index contributed by atoms with van der Waals surface area (Å²) in [7, 11) is 0. The number of rotatable bonds is 12. The van der Waals surface area contributed by atoms with Gasteiger partial charge in [-0.2, -0.15) is 0 Å². The minimum absolute atomic E-state index is 0.0810. The van der Waals surface area contributed by atoms with Crippen molar-refractivity contribution in [2.24, 2.45) is 0 Å². The van der Waals surface area contributed by atoms with E-state index >= 15 is 0 Å². The van der Waals surface area contributed by atoms with E-state index in [9.17, 15) is 23.6 Å². The average Bonchev–Trinajstić information content (AvgIpc) is 0.929. The van der Waals surface area contributed by atoms with Crippen LogP contribution < -0.4 is 0 Å². The summed E-state index contributed by atoms with van der Waals surface area (Å²) < 4.78 is 340. The molecule has 0 saturated heterocycles. The van der Waals surface area contributed by atoms with Crippen molar-refractivity contribution in [3.8, 4) is 33.8 Å². The number of furan rings is 1. The molecule has 0 saturated carbocycles. The Morgan fingerprint density at radius 2 is 1.04 bits per heavy atom. The third-order valence-corrected chi connectivity index (χ3v) is 7.47. The molecule has 0 radical (unpaired) electrons. The van der Waals surface area contributed by atoms with Gasteiger partial charge in [0.25, 0.3) is 0 Å². The first kappa shape index (κ1) is 13.2. The third-order valence-electron chi connectivity index (χ3n) is 7.47. The van der Waals surface area contributed by atoms with Crippen LogP contribution in [0.4, 0.5) is 4.39 Å². The highest BCUT2D eigenvalue weighted by Gasteiger charge is 2.14. The fourth-order valence-corrected chi connectivity index (χ4v) is 4.96. The van der Waals surface area contributed by atoms with Crippen molar-refractivity contribution in [2.75, 3.05) is 0 Å². The number of halogens is 1. The molecule has 4 aromatic heterocycles. The van der Waals surface area contributed by atoms with Gasteiger partial charge in [0.2, 0.25) is 0 Å². The Morgan fingerprint density at radius 3 is 1.66 bits per heavy atom. The highest BCUT2D eigenvalue weighted by atomic mass is 19.1. The summed E-state index contributed by atoms with van der Waals surface area (Å²) in [5, 5.41) is -1.01. The molecule has 0 amide bonds. The number of hydrogen-bond acceptors (Lipinski definition) is 4. The number of nitrogens with zero attached hydrogens (tertiary/aromatic N) is 3. The second-order valence-electron chi connectivity index (χ2n) is 11.1. The van der Waals surface area contributed by atoms with Gasteiger partial charge in [0.15, 0.2) is 0 Å². The molecular formula is C51H40FN3O. The van der Waals surface area contributed by atoms with Gasteiger partial charge in [-0.1, -0.05) is 109 Å². The Kier molecular flexibility index (Phi) is 3.76. The van der Waals surface area contributed by atoms with Crippen LogP contribution in [-0.4, -0.2) is 15.0 Å². The Balaban J connectivity index is 1.30. The van der Waals surface area contributed by atoms with Gasteiger partial charge in [0.05, 0.1) is 50.0 Å². The topological polar surface area (TPSA) is 51.8 Å². The van der Waals surface area contributed by atoms with Crippen molar-refractivity contribution in [2.45, 2.75) is 38.2 Å². The fraction of sp³-hybridized carbons (Fsp3) is 0.118. The lowest BCUT2D eigenvalue weighted by molar-refractivity contribution is 0.618. The van der Waals surface area contributed by atoms with Crippen LogP contribution in [0.1, 0.15) is 82.7 Å². The summed E-state index contributed by atoms with van der Waals surface area (Å²) in [6.07, 6.45) is -29.5. The van der Waals surface area contributed by atoms with Gasteiger partial charge in [-0.3, -0.25) is 15.0 Å². The SMILES string of the molecule is [2H]c1cc(-c2nc([2H])c(C([2H])([2H])C([2H])([2H])c3cc(C([2H])([2H])C([2H])([2H])c4c([2H])nc(-c5cc([2H])c([2H])c6c5oc5c([2H])c(F)c([2H])c([2H])c56)c([2H])c4[2H])c([2H])c(C([2H])([2H])C([2H])([2H])c4c([2H])nc(-c5cc([2H])c([2H])c([2H])c5[2H])c([2H])c4[2H])c3[2H])c([2H])c2[2H])c([2H])c([2H])c1[2H]. The summed E-state index contributed by atoms with van der Waals surface area (Å²) in [4.78, 5) is 11.5. The Morgan fingerprint density at radius 1 is 0.482 bits per heavy atom. The van der Waals surface area contributed by atoms with Gasteiger partial charge in [-0.25, -0.2) is 4.39 Å². The summed E-state index contributed by atoms with van der Waals surface area (Å²) in [5.41, 5.74) is -15.3. The lowest BCUT2D eigenvalue weighted by atomic mass is 9.94. The maximum absolute atomic E-state index is 15.0. The smallest absolute Gasteiger partial charge is 0.144 e. The zero-order valence-electron chi connectivity index (χ0n) is 63.9. The van der Waals surface area contributed by atoms with E-state index in [0.29, 0.717) is 0 Å². The van der Waals surface area contributed by atoms with Crippen LogP contribution in [0, 0.1) is 5.82 Å². The van der Waals surface area contributed by atoms with E-state index in [0.717, 1.165) is 18.2 Å². The summed E-state index contributed by atoms with van der Waals surface area (Å²) >= 11 is 0. The van der Waals surface area contributed by atoms with Gasteiger partial charge >= 0.3 is 0 Å². The predicted molar refractivity (Wildman–Crippen MR) is 225 cm³/mol. The maximum atomic E-state index is 15.0. The molecule has 0 fully saturated rings. The zero-order valence-corrected chi connectivity index (χ0v) is 27.9. The molecular weight excluding hydrogens is 690 g/mol. The van der Waals surface area contributed by atoms with Gasteiger partial charge in [0.1, 0.15) is 17.0 Å². The largest absolute Gasteiger partial charge is 0.455 e. The molecule has 0 aliphatic rings. The van der Waals surface area contributed by atoms with E-state index in [1.54, 1.807) is 0 Å². The van der Waals surface area contributed by atoms with Gasteiger partial charge < -0.3 is 4.42 Å². The quantitative estimate of drug-likeness (QED) is 0.124. The van der Waals surface area contributed by atoms with Crippen molar-refractivity contribution in [3.05, 3.63) is 209 Å². The number of pyridine rings is 3. The van der Waals surface area contributed by atoms with E-state index in [1.165, 1.54) is 0 Å². The molecule has 9 rings (SSSR count). The Hall–Kier alpha value is -6.72. The van der Waals surface area contributed by atoms with Crippen molar-refractivity contribution >= 4 is 21.9 Å². The standard InChI is InChI=1S/C51H40FN3O/c52-43-23-24-44-45-12-7-13-46(51(45)56-50(44)31-43)49-27-22-37(34-55-49)16-19-40-29-38(17-14-35-20-25-47(53-32-35)41-8-3-1-4-9-41)28-39(30-40)18-15-36-21-26-48(54-33-36)42-10-5-2-6-11-42/h1-13,20-34H,14-19H2/i1D,2D,3D,4D,5D,6D,7D,8D,10D,12D,14D2,15D2,16D2,17D2,18D2,19D2,20D,21D,22D,23D,24D,25D,26D,27D,28D,29D,31D,32D,33D,34D. The first-order valence-corrected chi connectivity index (χ1v) is 16.0. The van der Waals surface area contributed by atoms with Crippen molar-refractivity contribution in [3.63, 3.8) is 0 Å². The number of para-hydroxylation sites is 1. The summed E-state index contributed by atoms with van der Waals surface area (Å²) in [6, 6.07) is -19.9. The fourth-order valence-electron chi connectivity index (χ4n) is 4.96. The van der Waals surface area contributed by atoms with Crippen molar-refractivity contribution in [1.82, 2.24) is 15.0 Å². The van der Waals surface area contributed by atoms with Crippen LogP contribution in [0.3, 0.4) is 0 Å². The molecule has 0 atom stereocenters. The predicted octanol–water partition coefficient (Wildman–Crippen LogP) is 12.3. The van der Waals surface area contributed by atoms with Gasteiger partial charge in [0, 0.05) is 68.5 Å². The van der Waals surface area contributed by atoms with E-state index in [1.807, 2.05) is 0 Å². The van der Waals surface area contributed by atoms with Crippen LogP contribution in [0.15, 0.2) is 174 Å². The Labute approximate surface area is 377 Å². The highest BCUT2D eigenvalue weighted by Crippen LogP contribution is 2.35. The molecule has 5 aromatic carbocycles. The third kappa shape index (κ3) is 7.89. The van der Waals surface area contributed by atoms with Gasteiger partial charge in [-0.05, 0) is 108 Å². The van der Waals surface area contributed by atoms with Crippen LogP contribution in [-0.2, 0) is 38.2 Å². The molecule has 0 bridgehead atoms. The average molecular weight is 766 g/mol. The number of hydrogen-bond donors (Lipinski definition) is 0. The summed E-state index contributed by atoms with van der Waals surface area (Å²) in [5.74, 6) is -1.52. The summed E-state index contributed by atoms with van der Waals surface area (Å²) in [6.45, 7) is 0. The molecule has 4 nitrogen and oxygen atoms in total. The number of aryl methyl sites for hydroxylation is 2. The van der Waals surface area contributed by atoms with Crippen LogP contribution >= 0.6 is 0 Å². The molecule has 0 N–H and O–H groups in total. The van der Waals surface area contributed by atoms with Crippen LogP contribution in [0.5, 0.6) is 0 Å². The van der Waals surface area contributed by atoms with Crippen LogP contribution in [0.25, 0.3) is 55.7 Å². The minimum Gasteiger partial charge on any atom is -0.455 e. The lowest BCUT2D eigenvalue weighted by Crippen LogP contribution is -2.00. The number of aromatic nitrogens is 3. The zero-order chi connectivity index (χ0) is 69.3. The van der Waals surface area contributed by atoms with Crippen LogP contribution in [0.2, 0.25) is 0 Å². The maximum Gasteiger partial charge on any atom is 0.144 e. The molecule has 0 aliphatic carbocycles. The highest BCUT2D eigenvalue weighted by molar-refractivity contribution is 6.09. The first-order valence-electron chi connectivity index (χ1n) is 34.0. The number of benzene rings is 5. The van der Waals surface area contributed by atoms with E-state index in [-0.39, 0.29) is 6.07 Å². The normalized spacial score (nSPS) is 22.1. The van der Waals surface area contributed by atoms with Crippen molar-refractivity contribution in [1.29, 1.82) is 0 Å². The molecule has 272 valence electrons. The molecule has 5 heteroatoms. The Bertz CT molecular complexity index is 4740. The molecule has 0 aliphatic heterocycles. The molecule has 4 heterocycles.